The standard InChI is InChI=1S/C13H14ClFN2S/c1-2-17-12(13-7-16-8-18-13)6-9-3-4-10(14)11(15)5-9/h3-5,7-8,12,17H,2,6H2,1H3. The normalized spacial score (nSPS) is 12.6. The van der Waals surface area contributed by atoms with Crippen molar-refractivity contribution >= 4 is 22.9 Å². The molecule has 2 aromatic rings. The zero-order chi connectivity index (χ0) is 13.0. The molecule has 0 radical (unpaired) electrons. The summed E-state index contributed by atoms with van der Waals surface area (Å²) in [6.45, 7) is 2.91. The Morgan fingerprint density at radius 1 is 1.50 bits per heavy atom. The van der Waals surface area contributed by atoms with E-state index in [4.69, 9.17) is 11.6 Å². The fourth-order valence-corrected chi connectivity index (χ4v) is 2.63. The second-order valence-corrected chi connectivity index (χ2v) is 5.29. The van der Waals surface area contributed by atoms with Crippen molar-refractivity contribution in [3.8, 4) is 0 Å². The summed E-state index contributed by atoms with van der Waals surface area (Å²) in [5.74, 6) is -0.367. The van der Waals surface area contributed by atoms with Gasteiger partial charge in [-0.15, -0.1) is 11.3 Å². The van der Waals surface area contributed by atoms with Gasteiger partial charge in [0.1, 0.15) is 5.82 Å². The highest BCUT2D eigenvalue weighted by molar-refractivity contribution is 7.09. The van der Waals surface area contributed by atoms with Crippen molar-refractivity contribution in [1.29, 1.82) is 0 Å². The molecular weight excluding hydrogens is 271 g/mol. The molecule has 1 aromatic carbocycles. The van der Waals surface area contributed by atoms with E-state index in [9.17, 15) is 4.39 Å². The maximum Gasteiger partial charge on any atom is 0.142 e. The molecule has 0 aliphatic heterocycles. The third-order valence-electron chi connectivity index (χ3n) is 2.67. The Morgan fingerprint density at radius 2 is 2.33 bits per heavy atom. The van der Waals surface area contributed by atoms with Gasteiger partial charge in [0.15, 0.2) is 0 Å². The largest absolute Gasteiger partial charge is 0.309 e. The highest BCUT2D eigenvalue weighted by atomic mass is 35.5. The lowest BCUT2D eigenvalue weighted by atomic mass is 10.0. The predicted octanol–water partition coefficient (Wildman–Crippen LogP) is 3.83. The number of hydrogen-bond donors (Lipinski definition) is 1. The molecule has 0 spiro atoms. The Hall–Kier alpha value is -0.970. The number of likely N-dealkylation sites (N-methyl/N-ethyl adjacent to an activating group) is 1. The van der Waals surface area contributed by atoms with Crippen molar-refractivity contribution < 1.29 is 4.39 Å². The summed E-state index contributed by atoms with van der Waals surface area (Å²) >= 11 is 7.28. The van der Waals surface area contributed by atoms with Crippen molar-refractivity contribution in [2.45, 2.75) is 19.4 Å². The summed E-state index contributed by atoms with van der Waals surface area (Å²) in [5.41, 5.74) is 2.73. The fraction of sp³-hybridized carbons (Fsp3) is 0.308. The molecule has 5 heteroatoms. The molecular formula is C13H14ClFN2S. The van der Waals surface area contributed by atoms with Crippen LogP contribution in [0.5, 0.6) is 0 Å². The van der Waals surface area contributed by atoms with Crippen molar-refractivity contribution in [2.24, 2.45) is 0 Å². The molecule has 1 N–H and O–H groups in total. The first-order chi connectivity index (χ1) is 8.70. The van der Waals surface area contributed by atoms with E-state index in [1.165, 1.54) is 6.07 Å². The molecule has 1 atom stereocenters. The fourth-order valence-electron chi connectivity index (χ4n) is 1.82. The van der Waals surface area contributed by atoms with E-state index in [1.54, 1.807) is 17.4 Å². The van der Waals surface area contributed by atoms with Gasteiger partial charge in [0.2, 0.25) is 0 Å². The topological polar surface area (TPSA) is 24.9 Å². The van der Waals surface area contributed by atoms with Gasteiger partial charge < -0.3 is 5.32 Å². The van der Waals surface area contributed by atoms with Crippen LogP contribution in [0.2, 0.25) is 5.02 Å². The smallest absolute Gasteiger partial charge is 0.142 e. The Morgan fingerprint density at radius 3 is 2.94 bits per heavy atom. The van der Waals surface area contributed by atoms with Crippen LogP contribution in [0.4, 0.5) is 4.39 Å². The Kier molecular flexibility index (Phi) is 4.69. The molecule has 1 aromatic heterocycles. The van der Waals surface area contributed by atoms with Gasteiger partial charge in [-0.1, -0.05) is 24.6 Å². The molecule has 0 aliphatic rings. The summed E-state index contributed by atoms with van der Waals surface area (Å²) in [7, 11) is 0. The highest BCUT2D eigenvalue weighted by Gasteiger charge is 2.13. The molecule has 96 valence electrons. The molecule has 0 saturated carbocycles. The second kappa shape index (κ2) is 6.27. The Balaban J connectivity index is 2.16. The lowest BCUT2D eigenvalue weighted by molar-refractivity contribution is 0.554. The number of rotatable bonds is 5. The van der Waals surface area contributed by atoms with Gasteiger partial charge in [0.25, 0.3) is 0 Å². The molecule has 1 heterocycles. The lowest BCUT2D eigenvalue weighted by Gasteiger charge is -2.16. The minimum Gasteiger partial charge on any atom is -0.309 e. The number of hydrogen-bond acceptors (Lipinski definition) is 3. The van der Waals surface area contributed by atoms with Gasteiger partial charge >= 0.3 is 0 Å². The molecule has 1 unspecified atom stereocenters. The van der Waals surface area contributed by atoms with E-state index in [-0.39, 0.29) is 16.9 Å². The van der Waals surface area contributed by atoms with Crippen LogP contribution >= 0.6 is 22.9 Å². The number of nitrogens with one attached hydrogen (secondary N) is 1. The maximum absolute atomic E-state index is 13.4. The van der Waals surface area contributed by atoms with E-state index < -0.39 is 0 Å². The van der Waals surface area contributed by atoms with Gasteiger partial charge in [-0.25, -0.2) is 4.39 Å². The van der Waals surface area contributed by atoms with Gasteiger partial charge in [-0.2, -0.15) is 0 Å². The zero-order valence-electron chi connectivity index (χ0n) is 9.99. The van der Waals surface area contributed by atoms with Crippen LogP contribution in [0.25, 0.3) is 0 Å². The van der Waals surface area contributed by atoms with Gasteiger partial charge in [-0.05, 0) is 30.7 Å². The second-order valence-electron chi connectivity index (χ2n) is 3.97. The molecule has 0 bridgehead atoms. The minimum absolute atomic E-state index is 0.163. The number of thiazole rings is 1. The molecule has 0 fully saturated rings. The number of halogens is 2. The molecule has 0 aliphatic carbocycles. The summed E-state index contributed by atoms with van der Waals surface area (Å²) in [5, 5.41) is 3.55. The van der Waals surface area contributed by atoms with Crippen LogP contribution in [-0.4, -0.2) is 11.5 Å². The van der Waals surface area contributed by atoms with E-state index in [0.29, 0.717) is 0 Å². The number of benzene rings is 1. The predicted molar refractivity (Wildman–Crippen MR) is 73.6 cm³/mol. The zero-order valence-corrected chi connectivity index (χ0v) is 11.6. The van der Waals surface area contributed by atoms with Crippen molar-refractivity contribution in [1.82, 2.24) is 10.3 Å². The minimum atomic E-state index is -0.367. The lowest BCUT2D eigenvalue weighted by Crippen LogP contribution is -2.22. The average molecular weight is 285 g/mol. The van der Waals surface area contributed by atoms with E-state index >= 15 is 0 Å². The Bertz CT molecular complexity index is 502. The van der Waals surface area contributed by atoms with Crippen LogP contribution in [0.3, 0.4) is 0 Å². The first-order valence-electron chi connectivity index (χ1n) is 5.76. The van der Waals surface area contributed by atoms with Gasteiger partial charge in [-0.3, -0.25) is 4.98 Å². The van der Waals surface area contributed by atoms with E-state index in [2.05, 4.69) is 17.2 Å². The highest BCUT2D eigenvalue weighted by Crippen LogP contribution is 2.23. The average Bonchev–Trinajstić information content (AvgIpc) is 2.87. The van der Waals surface area contributed by atoms with Crippen LogP contribution in [0.15, 0.2) is 29.9 Å². The van der Waals surface area contributed by atoms with Crippen LogP contribution in [0.1, 0.15) is 23.4 Å². The molecule has 18 heavy (non-hydrogen) atoms. The molecule has 2 nitrogen and oxygen atoms in total. The first kappa shape index (κ1) is 13.5. The van der Waals surface area contributed by atoms with Crippen molar-refractivity contribution in [3.63, 3.8) is 0 Å². The summed E-state index contributed by atoms with van der Waals surface area (Å²) < 4.78 is 13.4. The summed E-state index contributed by atoms with van der Waals surface area (Å²) in [4.78, 5) is 5.24. The van der Waals surface area contributed by atoms with Crippen LogP contribution in [0, 0.1) is 5.82 Å². The van der Waals surface area contributed by atoms with E-state index in [0.717, 1.165) is 23.4 Å². The van der Waals surface area contributed by atoms with Crippen molar-refractivity contribution in [2.75, 3.05) is 6.54 Å². The van der Waals surface area contributed by atoms with Crippen LogP contribution < -0.4 is 5.32 Å². The third kappa shape index (κ3) is 3.28. The monoisotopic (exact) mass is 284 g/mol. The third-order valence-corrected chi connectivity index (χ3v) is 3.86. The van der Waals surface area contributed by atoms with Crippen molar-refractivity contribution in [3.05, 3.63) is 51.2 Å². The molecule has 2 rings (SSSR count). The van der Waals surface area contributed by atoms with Crippen LogP contribution in [-0.2, 0) is 6.42 Å². The number of aromatic nitrogens is 1. The van der Waals surface area contributed by atoms with Gasteiger partial charge in [0, 0.05) is 17.1 Å². The quantitative estimate of drug-likeness (QED) is 0.903. The molecule has 0 saturated heterocycles. The Labute approximate surface area is 115 Å². The molecule has 0 amide bonds. The SMILES string of the molecule is CCNC(Cc1ccc(Cl)c(F)c1)c1cncs1. The summed E-state index contributed by atoms with van der Waals surface area (Å²) in [6, 6.07) is 5.12. The maximum atomic E-state index is 13.4. The number of nitrogens with zero attached hydrogens (tertiary/aromatic N) is 1. The first-order valence-corrected chi connectivity index (χ1v) is 7.02. The van der Waals surface area contributed by atoms with E-state index in [1.807, 2.05) is 17.8 Å². The van der Waals surface area contributed by atoms with Gasteiger partial charge in [0.05, 0.1) is 10.5 Å². The summed E-state index contributed by atoms with van der Waals surface area (Å²) in [6.07, 6.45) is 2.58.